The number of thioether (sulfide) groups is 2. The molecular formula is C16H30N2S2. The highest BCUT2D eigenvalue weighted by Crippen LogP contribution is 2.42. The van der Waals surface area contributed by atoms with Gasteiger partial charge in [0.1, 0.15) is 0 Å². The normalized spacial score (nSPS) is 40.2. The Balaban J connectivity index is 1.65. The molecular weight excluding hydrogens is 284 g/mol. The molecule has 4 heteroatoms. The van der Waals surface area contributed by atoms with E-state index in [-0.39, 0.29) is 0 Å². The van der Waals surface area contributed by atoms with E-state index in [0.29, 0.717) is 5.54 Å². The van der Waals surface area contributed by atoms with Gasteiger partial charge in [-0.1, -0.05) is 13.8 Å². The highest BCUT2D eigenvalue weighted by Gasteiger charge is 2.46. The number of nitrogens with one attached hydrogen (secondary N) is 1. The monoisotopic (exact) mass is 314 g/mol. The van der Waals surface area contributed by atoms with Crippen LogP contribution in [0.25, 0.3) is 0 Å². The van der Waals surface area contributed by atoms with Gasteiger partial charge in [0.2, 0.25) is 0 Å². The van der Waals surface area contributed by atoms with Crippen molar-refractivity contribution in [3.05, 3.63) is 0 Å². The van der Waals surface area contributed by atoms with E-state index in [1.165, 1.54) is 49.7 Å². The van der Waals surface area contributed by atoms with Crippen LogP contribution in [0.1, 0.15) is 33.6 Å². The average Bonchev–Trinajstić information content (AvgIpc) is 3.24. The zero-order valence-electron chi connectivity index (χ0n) is 13.2. The molecule has 3 fully saturated rings. The second-order valence-electron chi connectivity index (χ2n) is 7.38. The quantitative estimate of drug-likeness (QED) is 0.858. The summed E-state index contributed by atoms with van der Waals surface area (Å²) >= 11 is 4.37. The molecule has 0 aromatic carbocycles. The molecule has 2 saturated heterocycles. The van der Waals surface area contributed by atoms with Crippen LogP contribution >= 0.6 is 23.5 Å². The topological polar surface area (TPSA) is 15.3 Å². The van der Waals surface area contributed by atoms with Crippen LogP contribution in [0.2, 0.25) is 0 Å². The minimum absolute atomic E-state index is 0.387. The third kappa shape index (κ3) is 3.50. The van der Waals surface area contributed by atoms with E-state index in [9.17, 15) is 0 Å². The summed E-state index contributed by atoms with van der Waals surface area (Å²) in [4.78, 5) is 2.84. The predicted molar refractivity (Wildman–Crippen MR) is 92.9 cm³/mol. The van der Waals surface area contributed by atoms with Crippen molar-refractivity contribution in [2.75, 3.05) is 36.9 Å². The van der Waals surface area contributed by atoms with Gasteiger partial charge in [-0.2, -0.15) is 23.5 Å². The predicted octanol–water partition coefficient (Wildman–Crippen LogP) is 2.93. The Morgan fingerprint density at radius 3 is 2.70 bits per heavy atom. The van der Waals surface area contributed by atoms with Crippen LogP contribution in [0.5, 0.6) is 0 Å². The third-order valence-electron chi connectivity index (χ3n) is 5.29. The van der Waals surface area contributed by atoms with Crippen molar-refractivity contribution in [1.29, 1.82) is 0 Å². The molecule has 0 aromatic heterocycles. The molecule has 2 heterocycles. The molecule has 0 amide bonds. The Morgan fingerprint density at radius 2 is 2.10 bits per heavy atom. The van der Waals surface area contributed by atoms with Crippen molar-refractivity contribution >= 4 is 23.5 Å². The maximum atomic E-state index is 3.90. The van der Waals surface area contributed by atoms with Crippen molar-refractivity contribution in [3.63, 3.8) is 0 Å². The van der Waals surface area contributed by atoms with Gasteiger partial charge in [0.25, 0.3) is 0 Å². The second-order valence-corrected chi connectivity index (χ2v) is 9.94. The summed E-state index contributed by atoms with van der Waals surface area (Å²) in [6, 6.07) is 0.731. The summed E-state index contributed by atoms with van der Waals surface area (Å²) in [5, 5.41) is 4.76. The summed E-state index contributed by atoms with van der Waals surface area (Å²) in [5.74, 6) is 5.77. The van der Waals surface area contributed by atoms with Gasteiger partial charge in [0.05, 0.1) is 0 Å². The van der Waals surface area contributed by atoms with E-state index < -0.39 is 0 Å². The Bertz CT molecular complexity index is 326. The summed E-state index contributed by atoms with van der Waals surface area (Å²) in [7, 11) is 0. The molecule has 0 spiro atoms. The highest BCUT2D eigenvalue weighted by molar-refractivity contribution is 8.06. The van der Waals surface area contributed by atoms with Crippen LogP contribution in [0.4, 0.5) is 0 Å². The van der Waals surface area contributed by atoms with Crippen LogP contribution in [-0.2, 0) is 0 Å². The maximum Gasteiger partial charge on any atom is 0.0309 e. The number of hydrogen-bond acceptors (Lipinski definition) is 4. The minimum atomic E-state index is 0.387. The van der Waals surface area contributed by atoms with Crippen molar-refractivity contribution in [1.82, 2.24) is 10.2 Å². The van der Waals surface area contributed by atoms with E-state index >= 15 is 0 Å². The smallest absolute Gasteiger partial charge is 0.0309 e. The van der Waals surface area contributed by atoms with Crippen LogP contribution in [-0.4, -0.2) is 58.6 Å². The Morgan fingerprint density at radius 1 is 1.30 bits per heavy atom. The molecule has 0 radical (unpaired) electrons. The fourth-order valence-corrected chi connectivity index (χ4v) is 6.51. The fraction of sp³-hybridized carbons (Fsp3) is 1.00. The van der Waals surface area contributed by atoms with E-state index in [4.69, 9.17) is 0 Å². The number of rotatable bonds is 4. The molecule has 1 aliphatic carbocycles. The third-order valence-corrected chi connectivity index (χ3v) is 8.11. The zero-order chi connectivity index (χ0) is 14.2. The average molecular weight is 315 g/mol. The second kappa shape index (κ2) is 6.39. The van der Waals surface area contributed by atoms with Crippen LogP contribution in [0, 0.1) is 11.8 Å². The first-order chi connectivity index (χ1) is 9.58. The standard InChI is InChI=1S/C16H30N2S2/c1-12(2)15-8-17-16(3,13-4-5-13)11-18(15)9-14-10-19-6-7-20-14/h12-15,17H,4-11H2,1-3H3. The molecule has 0 bridgehead atoms. The van der Waals surface area contributed by atoms with E-state index in [2.05, 4.69) is 54.5 Å². The van der Waals surface area contributed by atoms with Crippen LogP contribution < -0.4 is 5.32 Å². The summed E-state index contributed by atoms with van der Waals surface area (Å²) in [5.41, 5.74) is 0.387. The number of nitrogens with zero attached hydrogens (tertiary/aromatic N) is 1. The molecule has 1 saturated carbocycles. The van der Waals surface area contributed by atoms with E-state index in [0.717, 1.165) is 23.1 Å². The van der Waals surface area contributed by atoms with Gasteiger partial charge < -0.3 is 5.32 Å². The molecule has 2 aliphatic heterocycles. The van der Waals surface area contributed by atoms with Gasteiger partial charge in [-0.3, -0.25) is 4.90 Å². The molecule has 116 valence electrons. The molecule has 3 rings (SSSR count). The number of piperazine rings is 1. The first-order valence-corrected chi connectivity index (χ1v) is 10.5. The van der Waals surface area contributed by atoms with E-state index in [1.807, 2.05) is 0 Å². The number of hydrogen-bond donors (Lipinski definition) is 1. The molecule has 20 heavy (non-hydrogen) atoms. The van der Waals surface area contributed by atoms with Gasteiger partial charge >= 0.3 is 0 Å². The Labute approximate surface area is 133 Å². The largest absolute Gasteiger partial charge is 0.308 e. The molecule has 3 unspecified atom stereocenters. The van der Waals surface area contributed by atoms with Crippen molar-refractivity contribution in [3.8, 4) is 0 Å². The van der Waals surface area contributed by atoms with Crippen LogP contribution in [0.15, 0.2) is 0 Å². The maximum absolute atomic E-state index is 3.90. The Kier molecular flexibility index (Phi) is 4.96. The Hall–Kier alpha value is 0.620. The van der Waals surface area contributed by atoms with Gasteiger partial charge in [-0.15, -0.1) is 0 Å². The lowest BCUT2D eigenvalue weighted by atomic mass is 9.88. The van der Waals surface area contributed by atoms with Gasteiger partial charge in [0, 0.05) is 53.7 Å². The van der Waals surface area contributed by atoms with Crippen molar-refractivity contribution in [2.45, 2.75) is 50.4 Å². The minimum Gasteiger partial charge on any atom is -0.308 e. The first-order valence-electron chi connectivity index (χ1n) is 8.27. The summed E-state index contributed by atoms with van der Waals surface area (Å²) in [6.45, 7) is 11.0. The lowest BCUT2D eigenvalue weighted by molar-refractivity contribution is 0.0539. The van der Waals surface area contributed by atoms with Crippen molar-refractivity contribution < 1.29 is 0 Å². The zero-order valence-corrected chi connectivity index (χ0v) is 14.9. The molecule has 3 aliphatic rings. The summed E-state index contributed by atoms with van der Waals surface area (Å²) in [6.07, 6.45) is 2.88. The molecule has 2 nitrogen and oxygen atoms in total. The van der Waals surface area contributed by atoms with E-state index in [1.54, 1.807) is 0 Å². The lowest BCUT2D eigenvalue weighted by Crippen LogP contribution is -2.66. The lowest BCUT2D eigenvalue weighted by Gasteiger charge is -2.49. The SMILES string of the molecule is CC(C)C1CNC(C)(C2CC2)CN1CC1CSCCS1. The van der Waals surface area contributed by atoms with Gasteiger partial charge in [-0.25, -0.2) is 0 Å². The van der Waals surface area contributed by atoms with Crippen LogP contribution in [0.3, 0.4) is 0 Å². The fourth-order valence-electron chi connectivity index (χ4n) is 3.82. The van der Waals surface area contributed by atoms with Gasteiger partial charge in [0.15, 0.2) is 0 Å². The van der Waals surface area contributed by atoms with Crippen molar-refractivity contribution in [2.24, 2.45) is 11.8 Å². The molecule has 3 atom stereocenters. The molecule has 0 aromatic rings. The first kappa shape index (κ1) is 15.5. The molecule has 1 N–H and O–H groups in total. The highest BCUT2D eigenvalue weighted by atomic mass is 32.2. The summed E-state index contributed by atoms with van der Waals surface area (Å²) < 4.78 is 0. The van der Waals surface area contributed by atoms with Gasteiger partial charge in [-0.05, 0) is 31.6 Å².